The SMILES string of the molecule is CC1(C)c2ccccc2-c2ccc(-c3c4ccccc4c(-c4ccc5c(c4)C(C)(C)c4ccccc4-5)c4cc(-c5ccnc(-c6ccccn6)c5)ccc34)cc21. The highest BCUT2D eigenvalue weighted by molar-refractivity contribution is 6.22. The molecule has 0 radical (unpaired) electrons. The van der Waals surface area contributed by atoms with Gasteiger partial charge in [0.25, 0.3) is 0 Å². The fourth-order valence-electron chi connectivity index (χ4n) is 9.96. The van der Waals surface area contributed by atoms with E-state index in [1.165, 1.54) is 88.3 Å². The third-order valence-electron chi connectivity index (χ3n) is 12.8. The monoisotopic (exact) mass is 716 g/mol. The predicted molar refractivity (Wildman–Crippen MR) is 234 cm³/mol. The molecule has 266 valence electrons. The van der Waals surface area contributed by atoms with E-state index in [1.807, 2.05) is 30.6 Å². The molecule has 0 saturated carbocycles. The first-order valence-electron chi connectivity index (χ1n) is 19.6. The van der Waals surface area contributed by atoms with Gasteiger partial charge >= 0.3 is 0 Å². The zero-order valence-electron chi connectivity index (χ0n) is 32.1. The van der Waals surface area contributed by atoms with Gasteiger partial charge in [0.2, 0.25) is 0 Å². The molecule has 2 aromatic heterocycles. The Hall–Kier alpha value is -6.64. The molecule has 2 aliphatic carbocycles. The highest BCUT2D eigenvalue weighted by Crippen LogP contribution is 2.53. The molecule has 0 spiro atoms. The molecule has 11 rings (SSSR count). The molecule has 7 aromatic carbocycles. The van der Waals surface area contributed by atoms with Gasteiger partial charge in [0.05, 0.1) is 11.4 Å². The van der Waals surface area contributed by atoms with Crippen molar-refractivity contribution in [1.82, 2.24) is 9.97 Å². The summed E-state index contributed by atoms with van der Waals surface area (Å²) in [6.07, 6.45) is 3.73. The van der Waals surface area contributed by atoms with Crippen molar-refractivity contribution < 1.29 is 0 Å². The maximum Gasteiger partial charge on any atom is 0.0892 e. The lowest BCUT2D eigenvalue weighted by molar-refractivity contribution is 0.660. The number of fused-ring (bicyclic) bond motifs is 8. The summed E-state index contributed by atoms with van der Waals surface area (Å²) in [5.41, 5.74) is 19.7. The number of hydrogen-bond donors (Lipinski definition) is 0. The Morgan fingerprint density at radius 2 is 0.804 bits per heavy atom. The number of pyridine rings is 2. The topological polar surface area (TPSA) is 25.8 Å². The minimum Gasteiger partial charge on any atom is -0.255 e. The van der Waals surface area contributed by atoms with Crippen LogP contribution in [-0.2, 0) is 10.8 Å². The summed E-state index contributed by atoms with van der Waals surface area (Å²) in [5.74, 6) is 0. The zero-order valence-corrected chi connectivity index (χ0v) is 32.1. The van der Waals surface area contributed by atoms with Crippen LogP contribution in [0.3, 0.4) is 0 Å². The number of rotatable bonds is 4. The third kappa shape index (κ3) is 4.69. The Morgan fingerprint density at radius 1 is 0.321 bits per heavy atom. The summed E-state index contributed by atoms with van der Waals surface area (Å²) in [6, 6.07) is 58.6. The second-order valence-corrected chi connectivity index (χ2v) is 16.6. The first-order chi connectivity index (χ1) is 27.3. The molecule has 2 heteroatoms. The van der Waals surface area contributed by atoms with Crippen molar-refractivity contribution in [3.05, 3.63) is 192 Å². The molecule has 2 nitrogen and oxygen atoms in total. The number of benzene rings is 7. The van der Waals surface area contributed by atoms with E-state index < -0.39 is 0 Å². The minimum absolute atomic E-state index is 0.0951. The van der Waals surface area contributed by atoms with E-state index in [0.29, 0.717) is 0 Å². The molecule has 9 aromatic rings. The summed E-state index contributed by atoms with van der Waals surface area (Å²) < 4.78 is 0. The van der Waals surface area contributed by atoms with Crippen LogP contribution in [0, 0.1) is 0 Å². The molecule has 2 heterocycles. The van der Waals surface area contributed by atoms with Crippen LogP contribution in [0.4, 0.5) is 0 Å². The second kappa shape index (κ2) is 11.9. The van der Waals surface area contributed by atoms with Gasteiger partial charge < -0.3 is 0 Å². The number of hydrogen-bond acceptors (Lipinski definition) is 2. The van der Waals surface area contributed by atoms with Gasteiger partial charge in [-0.1, -0.05) is 143 Å². The van der Waals surface area contributed by atoms with Gasteiger partial charge in [0.1, 0.15) is 0 Å². The quantitative estimate of drug-likeness (QED) is 0.170. The summed E-state index contributed by atoms with van der Waals surface area (Å²) in [6.45, 7) is 9.48. The summed E-state index contributed by atoms with van der Waals surface area (Å²) in [4.78, 5) is 9.32. The lowest BCUT2D eigenvalue weighted by atomic mass is 9.79. The van der Waals surface area contributed by atoms with Gasteiger partial charge in [-0.15, -0.1) is 0 Å². The Bertz CT molecular complexity index is 3080. The third-order valence-corrected chi connectivity index (χ3v) is 12.8. The molecular formula is C54H40N2. The van der Waals surface area contributed by atoms with Crippen molar-refractivity contribution in [1.29, 1.82) is 0 Å². The molecule has 0 aliphatic heterocycles. The maximum absolute atomic E-state index is 4.71. The van der Waals surface area contributed by atoms with Crippen molar-refractivity contribution in [3.8, 4) is 67.0 Å². The first-order valence-corrected chi connectivity index (χ1v) is 19.6. The van der Waals surface area contributed by atoms with E-state index in [9.17, 15) is 0 Å². The lowest BCUT2D eigenvalue weighted by Gasteiger charge is -2.24. The fraction of sp³-hybridized carbons (Fsp3) is 0.111. The largest absolute Gasteiger partial charge is 0.255 e. The molecule has 0 unspecified atom stereocenters. The van der Waals surface area contributed by atoms with E-state index >= 15 is 0 Å². The summed E-state index contributed by atoms with van der Waals surface area (Å²) >= 11 is 0. The molecular weight excluding hydrogens is 677 g/mol. The Balaban J connectivity index is 1.19. The van der Waals surface area contributed by atoms with Gasteiger partial charge in [-0.3, -0.25) is 9.97 Å². The van der Waals surface area contributed by atoms with Crippen molar-refractivity contribution in [2.24, 2.45) is 0 Å². The molecule has 0 bridgehead atoms. The highest BCUT2D eigenvalue weighted by Gasteiger charge is 2.37. The van der Waals surface area contributed by atoms with Crippen LogP contribution in [0.15, 0.2) is 170 Å². The van der Waals surface area contributed by atoms with Gasteiger partial charge in [-0.05, 0) is 142 Å². The number of nitrogens with zero attached hydrogens (tertiary/aromatic N) is 2. The van der Waals surface area contributed by atoms with Gasteiger partial charge in [0.15, 0.2) is 0 Å². The lowest BCUT2D eigenvalue weighted by Crippen LogP contribution is -2.15. The van der Waals surface area contributed by atoms with Crippen molar-refractivity contribution in [2.75, 3.05) is 0 Å². The molecule has 56 heavy (non-hydrogen) atoms. The zero-order chi connectivity index (χ0) is 37.8. The van der Waals surface area contributed by atoms with Gasteiger partial charge in [-0.25, -0.2) is 0 Å². The van der Waals surface area contributed by atoms with E-state index in [2.05, 4.69) is 172 Å². The van der Waals surface area contributed by atoms with E-state index in [0.717, 1.165) is 22.5 Å². The predicted octanol–water partition coefficient (Wildman–Crippen LogP) is 14.1. The maximum atomic E-state index is 4.71. The highest BCUT2D eigenvalue weighted by atomic mass is 14.8. The smallest absolute Gasteiger partial charge is 0.0892 e. The first kappa shape index (κ1) is 32.8. The van der Waals surface area contributed by atoms with E-state index in [-0.39, 0.29) is 10.8 Å². The van der Waals surface area contributed by atoms with Crippen LogP contribution in [0.1, 0.15) is 49.9 Å². The van der Waals surface area contributed by atoms with Crippen LogP contribution in [-0.4, -0.2) is 9.97 Å². The van der Waals surface area contributed by atoms with Crippen LogP contribution in [0.25, 0.3) is 88.6 Å². The van der Waals surface area contributed by atoms with Crippen molar-refractivity contribution in [3.63, 3.8) is 0 Å². The van der Waals surface area contributed by atoms with Crippen molar-refractivity contribution in [2.45, 2.75) is 38.5 Å². The van der Waals surface area contributed by atoms with Gasteiger partial charge in [-0.2, -0.15) is 0 Å². The fourth-order valence-corrected chi connectivity index (χ4v) is 9.96. The number of aromatic nitrogens is 2. The van der Waals surface area contributed by atoms with Crippen LogP contribution >= 0.6 is 0 Å². The summed E-state index contributed by atoms with van der Waals surface area (Å²) in [5, 5.41) is 5.01. The molecule has 2 aliphatic rings. The molecule has 0 N–H and O–H groups in total. The molecule has 0 atom stereocenters. The van der Waals surface area contributed by atoms with E-state index in [1.54, 1.807) is 0 Å². The molecule has 0 amide bonds. The van der Waals surface area contributed by atoms with E-state index in [4.69, 9.17) is 4.98 Å². The Labute approximate surface area is 328 Å². The molecule has 0 saturated heterocycles. The molecule has 0 fully saturated rings. The standard InChI is InChI=1S/C54H40N2/c1-53(2)45-17-9-7-13-37(45)39-23-21-35(30-47(39)53)51-41-15-5-6-16-42(41)52(36-22-24-40-38-14-8-10-18-46(38)54(3,4)48(40)31-36)44-29-33(20-25-43(44)51)34-26-28-56-50(32-34)49-19-11-12-27-55-49/h5-32H,1-4H3. The van der Waals surface area contributed by atoms with Gasteiger partial charge in [0, 0.05) is 23.2 Å². The van der Waals surface area contributed by atoms with Crippen molar-refractivity contribution >= 4 is 21.5 Å². The minimum atomic E-state index is -0.105. The summed E-state index contributed by atoms with van der Waals surface area (Å²) in [7, 11) is 0. The normalized spacial score (nSPS) is 14.4. The second-order valence-electron chi connectivity index (χ2n) is 16.6. The average molecular weight is 717 g/mol. The van der Waals surface area contributed by atoms with Crippen LogP contribution in [0.2, 0.25) is 0 Å². The van der Waals surface area contributed by atoms with Crippen LogP contribution in [0.5, 0.6) is 0 Å². The Kier molecular flexibility index (Phi) is 6.98. The van der Waals surface area contributed by atoms with Crippen LogP contribution < -0.4 is 0 Å². The average Bonchev–Trinajstić information content (AvgIpc) is 3.61. The Morgan fingerprint density at radius 3 is 1.41 bits per heavy atom.